The normalized spacial score (nSPS) is 19.3. The fourth-order valence-corrected chi connectivity index (χ4v) is 3.32. The first-order chi connectivity index (χ1) is 9.00. The number of aliphatic carboxylic acids is 1. The maximum Gasteiger partial charge on any atom is 0.327 e. The van der Waals surface area contributed by atoms with E-state index in [0.717, 1.165) is 6.07 Å². The second-order valence-corrected chi connectivity index (χ2v) is 6.06. The van der Waals surface area contributed by atoms with E-state index < -0.39 is 23.7 Å². The molecule has 2 rings (SSSR count). The molecule has 1 heterocycles. The fraction of sp³-hybridized carbons (Fsp3) is 0.333. The summed E-state index contributed by atoms with van der Waals surface area (Å²) in [5.74, 6) is -0.979. The third kappa shape index (κ3) is 3.09. The molecule has 1 unspecified atom stereocenters. The summed E-state index contributed by atoms with van der Waals surface area (Å²) in [5.41, 5.74) is 0.151. The Bertz CT molecular complexity index is 526. The number of thioether (sulfide) groups is 1. The van der Waals surface area contributed by atoms with Gasteiger partial charge in [0.05, 0.1) is 5.56 Å². The van der Waals surface area contributed by atoms with Crippen LogP contribution >= 0.6 is 27.7 Å². The minimum atomic E-state index is -1.03. The highest BCUT2D eigenvalue weighted by molar-refractivity contribution is 9.10. The number of halogens is 2. The summed E-state index contributed by atoms with van der Waals surface area (Å²) in [7, 11) is 0. The average molecular weight is 348 g/mol. The summed E-state index contributed by atoms with van der Waals surface area (Å²) >= 11 is 4.68. The lowest BCUT2D eigenvalue weighted by Crippen LogP contribution is -2.50. The van der Waals surface area contributed by atoms with E-state index in [2.05, 4.69) is 15.9 Å². The van der Waals surface area contributed by atoms with Gasteiger partial charge in [-0.05, 0) is 34.1 Å². The quantitative estimate of drug-likeness (QED) is 0.891. The summed E-state index contributed by atoms with van der Waals surface area (Å²) in [6.45, 7) is 0.351. The molecule has 1 aliphatic heterocycles. The van der Waals surface area contributed by atoms with Crippen LogP contribution in [-0.2, 0) is 4.79 Å². The Morgan fingerprint density at radius 1 is 1.47 bits per heavy atom. The van der Waals surface area contributed by atoms with E-state index in [1.54, 1.807) is 0 Å². The van der Waals surface area contributed by atoms with Gasteiger partial charge < -0.3 is 10.0 Å². The van der Waals surface area contributed by atoms with Crippen molar-refractivity contribution in [2.45, 2.75) is 6.04 Å². The largest absolute Gasteiger partial charge is 0.480 e. The molecule has 19 heavy (non-hydrogen) atoms. The predicted octanol–water partition coefficient (Wildman–Crippen LogP) is 2.23. The maximum absolute atomic E-state index is 13.2. The van der Waals surface area contributed by atoms with Gasteiger partial charge in [0.15, 0.2) is 0 Å². The molecule has 1 saturated heterocycles. The van der Waals surface area contributed by atoms with Crippen molar-refractivity contribution >= 4 is 39.6 Å². The van der Waals surface area contributed by atoms with Crippen LogP contribution in [0.3, 0.4) is 0 Å². The molecule has 1 aromatic rings. The number of hydrogen-bond acceptors (Lipinski definition) is 3. The third-order valence-electron chi connectivity index (χ3n) is 2.83. The van der Waals surface area contributed by atoms with Crippen molar-refractivity contribution in [1.82, 2.24) is 4.90 Å². The first-order valence-electron chi connectivity index (χ1n) is 5.57. The molecule has 0 aromatic heterocycles. The van der Waals surface area contributed by atoms with Gasteiger partial charge in [0.2, 0.25) is 0 Å². The van der Waals surface area contributed by atoms with Gasteiger partial charge in [0.1, 0.15) is 11.9 Å². The van der Waals surface area contributed by atoms with Crippen molar-refractivity contribution in [3.8, 4) is 0 Å². The summed E-state index contributed by atoms with van der Waals surface area (Å²) in [6.07, 6.45) is 0. The zero-order valence-corrected chi connectivity index (χ0v) is 12.2. The van der Waals surface area contributed by atoms with Crippen molar-refractivity contribution in [2.75, 3.05) is 18.1 Å². The van der Waals surface area contributed by atoms with Crippen LogP contribution in [0.15, 0.2) is 22.7 Å². The molecule has 4 nitrogen and oxygen atoms in total. The molecule has 1 amide bonds. The Labute approximate surface area is 122 Å². The number of benzene rings is 1. The lowest BCUT2D eigenvalue weighted by molar-refractivity contribution is -0.141. The number of carbonyl (C=O) groups is 2. The first kappa shape index (κ1) is 14.3. The monoisotopic (exact) mass is 347 g/mol. The van der Waals surface area contributed by atoms with Crippen LogP contribution in [0.5, 0.6) is 0 Å². The van der Waals surface area contributed by atoms with E-state index in [0.29, 0.717) is 22.5 Å². The molecule has 0 bridgehead atoms. The number of carboxylic acids is 1. The standard InChI is InChI=1S/C12H11BrFNO3S/c13-9-2-1-7(14)5-8(9)11(16)15-3-4-19-6-10(15)12(17)18/h1-2,5,10H,3-4,6H2,(H,17,18). The maximum atomic E-state index is 13.2. The van der Waals surface area contributed by atoms with Gasteiger partial charge in [-0.3, -0.25) is 4.79 Å². The van der Waals surface area contributed by atoms with Crippen molar-refractivity contribution in [1.29, 1.82) is 0 Å². The van der Waals surface area contributed by atoms with E-state index in [4.69, 9.17) is 5.11 Å². The molecule has 0 saturated carbocycles. The van der Waals surface area contributed by atoms with E-state index in [9.17, 15) is 14.0 Å². The summed E-state index contributed by atoms with van der Waals surface area (Å²) < 4.78 is 13.7. The van der Waals surface area contributed by atoms with Crippen molar-refractivity contribution in [3.63, 3.8) is 0 Å². The van der Waals surface area contributed by atoms with Crippen molar-refractivity contribution < 1.29 is 19.1 Å². The minimum Gasteiger partial charge on any atom is -0.480 e. The number of carboxylic acid groups (broad SMARTS) is 1. The minimum absolute atomic E-state index is 0.151. The van der Waals surface area contributed by atoms with Gasteiger partial charge in [0.25, 0.3) is 5.91 Å². The molecular formula is C12H11BrFNO3S. The van der Waals surface area contributed by atoms with Crippen LogP contribution in [0.2, 0.25) is 0 Å². The molecular weight excluding hydrogens is 337 g/mol. The molecule has 7 heteroatoms. The van der Waals surface area contributed by atoms with Gasteiger partial charge >= 0.3 is 5.97 Å². The smallest absolute Gasteiger partial charge is 0.327 e. The van der Waals surface area contributed by atoms with Gasteiger partial charge in [0, 0.05) is 22.5 Å². The number of carbonyl (C=O) groups excluding carboxylic acids is 1. The van der Waals surface area contributed by atoms with Crippen LogP contribution in [-0.4, -0.2) is 46.0 Å². The van der Waals surface area contributed by atoms with E-state index >= 15 is 0 Å². The van der Waals surface area contributed by atoms with Gasteiger partial charge in [-0.2, -0.15) is 11.8 Å². The summed E-state index contributed by atoms with van der Waals surface area (Å²) in [4.78, 5) is 24.8. The Hall–Kier alpha value is -1.08. The lowest BCUT2D eigenvalue weighted by atomic mass is 10.1. The molecule has 1 fully saturated rings. The number of amides is 1. The third-order valence-corrected chi connectivity index (χ3v) is 4.55. The molecule has 1 aliphatic rings. The number of nitrogens with zero attached hydrogens (tertiary/aromatic N) is 1. The van der Waals surface area contributed by atoms with Crippen LogP contribution < -0.4 is 0 Å². The molecule has 0 aliphatic carbocycles. The van der Waals surface area contributed by atoms with Crippen LogP contribution in [0.4, 0.5) is 4.39 Å². The Morgan fingerprint density at radius 3 is 2.89 bits per heavy atom. The van der Waals surface area contributed by atoms with Crippen molar-refractivity contribution in [2.24, 2.45) is 0 Å². The zero-order chi connectivity index (χ0) is 14.0. The van der Waals surface area contributed by atoms with Gasteiger partial charge in [-0.1, -0.05) is 0 Å². The molecule has 1 aromatic carbocycles. The molecule has 0 spiro atoms. The van der Waals surface area contributed by atoms with Crippen LogP contribution in [0.25, 0.3) is 0 Å². The first-order valence-corrected chi connectivity index (χ1v) is 7.52. The predicted molar refractivity (Wildman–Crippen MR) is 73.9 cm³/mol. The molecule has 1 N–H and O–H groups in total. The highest BCUT2D eigenvalue weighted by Crippen LogP contribution is 2.24. The van der Waals surface area contributed by atoms with Crippen LogP contribution in [0, 0.1) is 5.82 Å². The van der Waals surface area contributed by atoms with Gasteiger partial charge in [-0.25, -0.2) is 9.18 Å². The topological polar surface area (TPSA) is 57.6 Å². The van der Waals surface area contributed by atoms with E-state index in [1.807, 2.05) is 0 Å². The second-order valence-electron chi connectivity index (χ2n) is 4.05. The lowest BCUT2D eigenvalue weighted by Gasteiger charge is -2.32. The zero-order valence-electron chi connectivity index (χ0n) is 9.81. The number of hydrogen-bond donors (Lipinski definition) is 1. The Balaban J connectivity index is 2.31. The molecule has 102 valence electrons. The second kappa shape index (κ2) is 5.92. The Morgan fingerprint density at radius 2 is 2.21 bits per heavy atom. The molecule has 1 atom stereocenters. The average Bonchev–Trinajstić information content (AvgIpc) is 2.40. The van der Waals surface area contributed by atoms with Gasteiger partial charge in [-0.15, -0.1) is 0 Å². The molecule has 0 radical (unpaired) electrons. The highest BCUT2D eigenvalue weighted by atomic mass is 79.9. The number of rotatable bonds is 2. The van der Waals surface area contributed by atoms with Crippen LogP contribution in [0.1, 0.15) is 10.4 Å². The summed E-state index contributed by atoms with van der Waals surface area (Å²) in [6, 6.07) is 2.94. The summed E-state index contributed by atoms with van der Waals surface area (Å²) in [5, 5.41) is 9.14. The Kier molecular flexibility index (Phi) is 4.46. The highest BCUT2D eigenvalue weighted by Gasteiger charge is 2.33. The van der Waals surface area contributed by atoms with E-state index in [-0.39, 0.29) is 5.56 Å². The SMILES string of the molecule is O=C(O)C1CSCCN1C(=O)c1cc(F)ccc1Br. The van der Waals surface area contributed by atoms with Crippen molar-refractivity contribution in [3.05, 3.63) is 34.1 Å². The van der Waals surface area contributed by atoms with E-state index in [1.165, 1.54) is 28.8 Å². The fourth-order valence-electron chi connectivity index (χ4n) is 1.87.